The maximum Gasteiger partial charge on any atom is 0.183 e. The van der Waals surface area contributed by atoms with E-state index in [-0.39, 0.29) is 5.54 Å². The third-order valence-electron chi connectivity index (χ3n) is 2.70. The average molecular weight is 182 g/mol. The Morgan fingerprint density at radius 1 is 1.75 bits per heavy atom. The molecule has 64 valence electrons. The number of nitrogens with one attached hydrogen (secondary N) is 1. The molecular formula is C8H10N2OS. The number of hydrogen-bond donors (Lipinski definition) is 1. The smallest absolute Gasteiger partial charge is 0.183 e. The summed E-state index contributed by atoms with van der Waals surface area (Å²) in [6.45, 7) is 1.79. The molecule has 1 aromatic heterocycles. The van der Waals surface area contributed by atoms with E-state index in [4.69, 9.17) is 4.74 Å². The molecule has 1 saturated carbocycles. The van der Waals surface area contributed by atoms with Crippen molar-refractivity contribution in [3.05, 3.63) is 11.6 Å². The van der Waals surface area contributed by atoms with Gasteiger partial charge in [-0.1, -0.05) is 0 Å². The van der Waals surface area contributed by atoms with Gasteiger partial charge in [0.05, 0.1) is 18.8 Å². The Hall–Kier alpha value is -0.610. The zero-order chi connectivity index (χ0) is 8.02. The lowest BCUT2D eigenvalue weighted by Gasteiger charge is -2.11. The molecule has 1 aliphatic heterocycles. The number of fused-ring (bicyclic) bond motifs is 1. The van der Waals surface area contributed by atoms with E-state index in [0.29, 0.717) is 0 Å². The van der Waals surface area contributed by atoms with Crippen LogP contribution in [0.3, 0.4) is 0 Å². The van der Waals surface area contributed by atoms with Gasteiger partial charge < -0.3 is 10.1 Å². The second-order valence-corrected chi connectivity index (χ2v) is 4.43. The van der Waals surface area contributed by atoms with Crippen molar-refractivity contribution in [3.63, 3.8) is 0 Å². The Morgan fingerprint density at radius 2 is 2.75 bits per heavy atom. The summed E-state index contributed by atoms with van der Waals surface area (Å²) in [7, 11) is 0. The molecule has 2 heterocycles. The first-order chi connectivity index (χ1) is 5.89. The fraction of sp³-hybridized carbons (Fsp3) is 0.625. The highest BCUT2D eigenvalue weighted by molar-refractivity contribution is 7.13. The van der Waals surface area contributed by atoms with E-state index in [2.05, 4.69) is 10.3 Å². The largest absolute Gasteiger partial charge is 0.379 e. The molecule has 3 rings (SSSR count). The van der Waals surface area contributed by atoms with E-state index >= 15 is 0 Å². The molecule has 0 bridgehead atoms. The zero-order valence-electron chi connectivity index (χ0n) is 6.62. The maximum absolute atomic E-state index is 5.37. The Labute approximate surface area is 74.8 Å². The Kier molecular flexibility index (Phi) is 1.26. The van der Waals surface area contributed by atoms with Gasteiger partial charge in [-0.2, -0.15) is 0 Å². The van der Waals surface area contributed by atoms with Gasteiger partial charge >= 0.3 is 0 Å². The van der Waals surface area contributed by atoms with Gasteiger partial charge in [0.15, 0.2) is 5.13 Å². The fourth-order valence-corrected chi connectivity index (χ4v) is 2.48. The second kappa shape index (κ2) is 2.20. The Balaban J connectivity index is 1.77. The molecule has 1 saturated heterocycles. The lowest BCUT2D eigenvalue weighted by atomic mass is 10.2. The first kappa shape index (κ1) is 6.86. The van der Waals surface area contributed by atoms with Gasteiger partial charge in [-0.05, 0) is 6.42 Å². The van der Waals surface area contributed by atoms with Crippen LogP contribution in [0.1, 0.15) is 6.42 Å². The molecule has 0 spiro atoms. The van der Waals surface area contributed by atoms with E-state index in [0.717, 1.165) is 24.3 Å². The van der Waals surface area contributed by atoms with E-state index in [1.54, 1.807) is 11.3 Å². The van der Waals surface area contributed by atoms with Gasteiger partial charge in [-0.15, -0.1) is 11.3 Å². The van der Waals surface area contributed by atoms with Crippen LogP contribution in [0.4, 0.5) is 5.13 Å². The van der Waals surface area contributed by atoms with Gasteiger partial charge in [0.25, 0.3) is 0 Å². The number of rotatable bonds is 2. The van der Waals surface area contributed by atoms with E-state index in [1.165, 1.54) is 6.42 Å². The van der Waals surface area contributed by atoms with Crippen LogP contribution in [-0.4, -0.2) is 23.7 Å². The highest BCUT2D eigenvalue weighted by Gasteiger charge is 2.58. The number of hydrogen-bond acceptors (Lipinski definition) is 4. The molecule has 2 atom stereocenters. The highest BCUT2D eigenvalue weighted by Crippen LogP contribution is 2.50. The van der Waals surface area contributed by atoms with Gasteiger partial charge in [-0.3, -0.25) is 0 Å². The number of aromatic nitrogens is 1. The minimum atomic E-state index is 0.262. The molecule has 1 aliphatic carbocycles. The second-order valence-electron chi connectivity index (χ2n) is 3.53. The van der Waals surface area contributed by atoms with Crippen LogP contribution >= 0.6 is 11.3 Å². The quantitative estimate of drug-likeness (QED) is 0.749. The van der Waals surface area contributed by atoms with Gasteiger partial charge in [0, 0.05) is 17.5 Å². The van der Waals surface area contributed by atoms with E-state index in [9.17, 15) is 0 Å². The first-order valence-corrected chi connectivity index (χ1v) is 5.02. The minimum Gasteiger partial charge on any atom is -0.379 e. The summed E-state index contributed by atoms with van der Waals surface area (Å²) >= 11 is 1.66. The summed E-state index contributed by atoms with van der Waals surface area (Å²) in [6, 6.07) is 0. The molecule has 2 fully saturated rings. The van der Waals surface area contributed by atoms with Crippen LogP contribution in [-0.2, 0) is 4.74 Å². The predicted molar refractivity (Wildman–Crippen MR) is 47.4 cm³/mol. The molecule has 0 aromatic carbocycles. The summed E-state index contributed by atoms with van der Waals surface area (Å²) in [5.41, 5.74) is 0.262. The van der Waals surface area contributed by atoms with Crippen LogP contribution in [0, 0.1) is 5.92 Å². The van der Waals surface area contributed by atoms with Crippen LogP contribution in [0.25, 0.3) is 0 Å². The average Bonchev–Trinajstić information content (AvgIpc) is 2.56. The standard InChI is InChI=1S/C8H10N2OS/c1-2-12-7(9-1)10-8-3-6(8)4-11-5-8/h1-2,6H,3-5H2,(H,9,10)/t6-,8-/m1/s1. The number of nitrogens with zero attached hydrogens (tertiary/aromatic N) is 1. The maximum atomic E-state index is 5.37. The predicted octanol–water partition coefficient (Wildman–Crippen LogP) is 1.34. The first-order valence-electron chi connectivity index (χ1n) is 4.14. The third kappa shape index (κ3) is 0.881. The van der Waals surface area contributed by atoms with Crippen LogP contribution in [0.15, 0.2) is 11.6 Å². The zero-order valence-corrected chi connectivity index (χ0v) is 7.43. The molecule has 4 heteroatoms. The van der Waals surface area contributed by atoms with E-state index < -0.39 is 0 Å². The summed E-state index contributed by atoms with van der Waals surface area (Å²) in [6.07, 6.45) is 3.09. The molecule has 3 nitrogen and oxygen atoms in total. The number of thiazole rings is 1. The van der Waals surface area contributed by atoms with Crippen molar-refractivity contribution in [2.45, 2.75) is 12.0 Å². The molecule has 1 N–H and O–H groups in total. The molecule has 1 aromatic rings. The van der Waals surface area contributed by atoms with Crippen molar-refractivity contribution in [1.29, 1.82) is 0 Å². The molecule has 0 radical (unpaired) electrons. The number of ether oxygens (including phenoxy) is 1. The van der Waals surface area contributed by atoms with Crippen LogP contribution < -0.4 is 5.32 Å². The molecule has 0 amide bonds. The minimum absolute atomic E-state index is 0.262. The summed E-state index contributed by atoms with van der Waals surface area (Å²) < 4.78 is 5.37. The van der Waals surface area contributed by atoms with Crippen LogP contribution in [0.5, 0.6) is 0 Å². The summed E-state index contributed by atoms with van der Waals surface area (Å²) in [4.78, 5) is 4.20. The lowest BCUT2D eigenvalue weighted by Crippen LogP contribution is -2.24. The molecular weight excluding hydrogens is 172 g/mol. The SMILES string of the molecule is c1csc(N[C@]23COC[C@H]2C3)n1. The van der Waals surface area contributed by atoms with Gasteiger partial charge in [0.2, 0.25) is 0 Å². The molecule has 0 unspecified atom stereocenters. The van der Waals surface area contributed by atoms with E-state index in [1.807, 2.05) is 11.6 Å². The number of anilines is 1. The Bertz CT molecular complexity index is 287. The van der Waals surface area contributed by atoms with Gasteiger partial charge in [0.1, 0.15) is 0 Å². The Morgan fingerprint density at radius 3 is 3.33 bits per heavy atom. The topological polar surface area (TPSA) is 34.1 Å². The monoisotopic (exact) mass is 182 g/mol. The fourth-order valence-electron chi connectivity index (χ4n) is 1.85. The van der Waals surface area contributed by atoms with Crippen LogP contribution in [0.2, 0.25) is 0 Å². The normalized spacial score (nSPS) is 37.8. The summed E-state index contributed by atoms with van der Waals surface area (Å²) in [5.74, 6) is 0.737. The van der Waals surface area contributed by atoms with Crippen molar-refractivity contribution >= 4 is 16.5 Å². The van der Waals surface area contributed by atoms with Crippen molar-refractivity contribution < 1.29 is 4.74 Å². The van der Waals surface area contributed by atoms with Gasteiger partial charge in [-0.25, -0.2) is 4.98 Å². The van der Waals surface area contributed by atoms with Crippen molar-refractivity contribution in [2.24, 2.45) is 5.92 Å². The summed E-state index contributed by atoms with van der Waals surface area (Å²) in [5, 5.41) is 6.48. The molecule has 12 heavy (non-hydrogen) atoms. The highest BCUT2D eigenvalue weighted by atomic mass is 32.1. The molecule has 2 aliphatic rings. The van der Waals surface area contributed by atoms with Crippen molar-refractivity contribution in [2.75, 3.05) is 18.5 Å². The van der Waals surface area contributed by atoms with Crippen molar-refractivity contribution in [3.8, 4) is 0 Å². The lowest BCUT2D eigenvalue weighted by molar-refractivity contribution is 0.163. The third-order valence-corrected chi connectivity index (χ3v) is 3.39. The van der Waals surface area contributed by atoms with Crippen molar-refractivity contribution in [1.82, 2.24) is 4.98 Å².